The van der Waals surface area contributed by atoms with Crippen LogP contribution in [0.25, 0.3) is 6.08 Å². The van der Waals surface area contributed by atoms with Gasteiger partial charge in [-0.3, -0.25) is 15.0 Å². The predicted octanol–water partition coefficient (Wildman–Crippen LogP) is 5.39. The maximum Gasteiger partial charge on any atom is 0.285 e. The molecule has 1 aliphatic heterocycles. The van der Waals surface area contributed by atoms with Crippen molar-refractivity contribution in [2.24, 2.45) is 0 Å². The van der Waals surface area contributed by atoms with E-state index in [1.807, 2.05) is 78.9 Å². The van der Waals surface area contributed by atoms with E-state index >= 15 is 0 Å². The molecule has 0 bridgehead atoms. The molecular formula is C25H19ClN2O3S2. The van der Waals surface area contributed by atoms with Gasteiger partial charge in [-0.2, -0.15) is 5.01 Å². The summed E-state index contributed by atoms with van der Waals surface area (Å²) in [6.45, 7) is 0.293. The van der Waals surface area contributed by atoms with Gasteiger partial charge in [0, 0.05) is 16.1 Å². The van der Waals surface area contributed by atoms with Crippen molar-refractivity contribution < 1.29 is 14.3 Å². The normalized spacial score (nSPS) is 14.6. The molecule has 1 aliphatic rings. The number of rotatable bonds is 7. The Morgan fingerprint density at radius 3 is 2.52 bits per heavy atom. The molecule has 3 aromatic carbocycles. The molecule has 0 unspecified atom stereocenters. The molecule has 5 nitrogen and oxygen atoms in total. The largest absolute Gasteiger partial charge is 0.488 e. The number of hydrogen-bond donors (Lipinski definition) is 1. The van der Waals surface area contributed by atoms with E-state index in [1.54, 1.807) is 6.08 Å². The zero-order valence-corrected chi connectivity index (χ0v) is 19.8. The maximum absolute atomic E-state index is 12.9. The zero-order chi connectivity index (χ0) is 23.2. The number of thioether (sulfide) groups is 1. The van der Waals surface area contributed by atoms with Crippen LogP contribution in [0, 0.1) is 0 Å². The van der Waals surface area contributed by atoms with Gasteiger partial charge < -0.3 is 4.74 Å². The van der Waals surface area contributed by atoms with Crippen LogP contribution in [0.3, 0.4) is 0 Å². The molecular weight excluding hydrogens is 476 g/mol. The van der Waals surface area contributed by atoms with Gasteiger partial charge in [-0.05, 0) is 36.0 Å². The number of hydrazine groups is 1. The second-order valence-corrected chi connectivity index (χ2v) is 9.22. The molecule has 3 aromatic rings. The average molecular weight is 495 g/mol. The molecule has 4 rings (SSSR count). The summed E-state index contributed by atoms with van der Waals surface area (Å²) in [6, 6.07) is 24.1. The van der Waals surface area contributed by atoms with Crippen molar-refractivity contribution in [3.63, 3.8) is 0 Å². The van der Waals surface area contributed by atoms with Crippen LogP contribution in [-0.2, 0) is 22.6 Å². The standard InChI is InChI=1S/C25H19ClN2O3S2/c26-20-12-6-4-11-19(20)16-31-21-13-7-5-10-18(21)15-22-24(30)28(25(32)33-22)27-23(29)14-17-8-2-1-3-9-17/h1-13,15H,14,16H2,(H,27,29)/b22-15-. The van der Waals surface area contributed by atoms with E-state index in [0.717, 1.165) is 33.5 Å². The van der Waals surface area contributed by atoms with Crippen LogP contribution in [0.4, 0.5) is 0 Å². The maximum atomic E-state index is 12.9. The van der Waals surface area contributed by atoms with Crippen molar-refractivity contribution in [2.45, 2.75) is 13.0 Å². The topological polar surface area (TPSA) is 58.6 Å². The number of carbonyl (C=O) groups excluding carboxylic acids is 2. The molecule has 0 aromatic heterocycles. The van der Waals surface area contributed by atoms with Crippen molar-refractivity contribution in [3.8, 4) is 5.75 Å². The van der Waals surface area contributed by atoms with E-state index in [9.17, 15) is 9.59 Å². The van der Waals surface area contributed by atoms with E-state index in [-0.39, 0.29) is 22.6 Å². The molecule has 166 valence electrons. The van der Waals surface area contributed by atoms with Gasteiger partial charge in [0.2, 0.25) is 5.91 Å². The van der Waals surface area contributed by atoms with Crippen LogP contribution in [0.15, 0.2) is 83.8 Å². The molecule has 33 heavy (non-hydrogen) atoms. The van der Waals surface area contributed by atoms with Gasteiger partial charge in [0.05, 0.1) is 11.3 Å². The molecule has 0 atom stereocenters. The smallest absolute Gasteiger partial charge is 0.285 e. The minimum atomic E-state index is -0.382. The Bertz CT molecular complexity index is 1230. The number of ether oxygens (including phenoxy) is 1. The van der Waals surface area contributed by atoms with Crippen LogP contribution in [0.5, 0.6) is 5.75 Å². The molecule has 0 saturated carbocycles. The number of carbonyl (C=O) groups is 2. The SMILES string of the molecule is O=C(Cc1ccccc1)NN1C(=O)/C(=C/c2ccccc2OCc2ccccc2Cl)SC1=S. The Balaban J connectivity index is 1.46. The molecule has 1 N–H and O–H groups in total. The summed E-state index contributed by atoms with van der Waals surface area (Å²) < 4.78 is 6.23. The van der Waals surface area contributed by atoms with Gasteiger partial charge in [-0.1, -0.05) is 90.1 Å². The van der Waals surface area contributed by atoms with Crippen LogP contribution in [0.2, 0.25) is 5.02 Å². The van der Waals surface area contributed by atoms with Crippen LogP contribution >= 0.6 is 35.6 Å². The minimum Gasteiger partial charge on any atom is -0.488 e. The van der Waals surface area contributed by atoms with E-state index < -0.39 is 0 Å². The number of hydrogen-bond acceptors (Lipinski definition) is 5. The van der Waals surface area contributed by atoms with E-state index in [0.29, 0.717) is 22.3 Å². The second-order valence-electron chi connectivity index (χ2n) is 7.13. The Labute approximate surface area is 206 Å². The first kappa shape index (κ1) is 23.0. The van der Waals surface area contributed by atoms with Crippen LogP contribution in [-0.4, -0.2) is 21.1 Å². The Kier molecular flexibility index (Phi) is 7.44. The number of nitrogens with zero attached hydrogens (tertiary/aromatic N) is 1. The molecule has 1 fully saturated rings. The molecule has 8 heteroatoms. The van der Waals surface area contributed by atoms with Crippen molar-refractivity contribution in [1.29, 1.82) is 0 Å². The van der Waals surface area contributed by atoms with Gasteiger partial charge in [-0.25, -0.2) is 0 Å². The zero-order valence-electron chi connectivity index (χ0n) is 17.4. The fraction of sp³-hybridized carbons (Fsp3) is 0.0800. The Morgan fingerprint density at radius 1 is 1.03 bits per heavy atom. The summed E-state index contributed by atoms with van der Waals surface area (Å²) in [5.41, 5.74) is 5.04. The summed E-state index contributed by atoms with van der Waals surface area (Å²) in [5, 5.41) is 1.74. The highest BCUT2D eigenvalue weighted by molar-refractivity contribution is 8.26. The lowest BCUT2D eigenvalue weighted by Gasteiger charge is -2.15. The van der Waals surface area contributed by atoms with Crippen LogP contribution in [0.1, 0.15) is 16.7 Å². The summed E-state index contributed by atoms with van der Waals surface area (Å²) >= 11 is 12.7. The highest BCUT2D eigenvalue weighted by Crippen LogP contribution is 2.33. The van der Waals surface area contributed by atoms with Gasteiger partial charge >= 0.3 is 0 Å². The van der Waals surface area contributed by atoms with Gasteiger partial charge in [0.15, 0.2) is 4.32 Å². The third-order valence-corrected chi connectivity index (χ3v) is 6.46. The third kappa shape index (κ3) is 5.82. The molecule has 1 heterocycles. The number of thiocarbonyl (C=S) groups is 1. The monoisotopic (exact) mass is 494 g/mol. The highest BCUT2D eigenvalue weighted by Gasteiger charge is 2.33. The van der Waals surface area contributed by atoms with Crippen molar-refractivity contribution in [1.82, 2.24) is 10.4 Å². The van der Waals surface area contributed by atoms with Crippen molar-refractivity contribution in [2.75, 3.05) is 0 Å². The van der Waals surface area contributed by atoms with Gasteiger partial charge in [0.1, 0.15) is 12.4 Å². The van der Waals surface area contributed by atoms with E-state index in [4.69, 9.17) is 28.6 Å². The lowest BCUT2D eigenvalue weighted by molar-refractivity contribution is -0.132. The number of amides is 2. The minimum absolute atomic E-state index is 0.148. The van der Waals surface area contributed by atoms with Gasteiger partial charge in [-0.15, -0.1) is 0 Å². The number of halogens is 1. The fourth-order valence-electron chi connectivity index (χ4n) is 3.15. The first-order chi connectivity index (χ1) is 16.0. The first-order valence-electron chi connectivity index (χ1n) is 10.1. The number of benzene rings is 3. The van der Waals surface area contributed by atoms with Crippen molar-refractivity contribution >= 4 is 57.8 Å². The average Bonchev–Trinajstić information content (AvgIpc) is 3.07. The Morgan fingerprint density at radius 2 is 1.73 bits per heavy atom. The van der Waals surface area contributed by atoms with Crippen molar-refractivity contribution in [3.05, 3.63) is 105 Å². The van der Waals surface area contributed by atoms with Gasteiger partial charge in [0.25, 0.3) is 5.91 Å². The summed E-state index contributed by atoms with van der Waals surface area (Å²) in [5.74, 6) is -0.0923. The Hall–Kier alpha value is -3.13. The quantitative estimate of drug-likeness (QED) is 0.352. The fourth-order valence-corrected chi connectivity index (χ4v) is 4.51. The summed E-state index contributed by atoms with van der Waals surface area (Å²) in [4.78, 5) is 25.7. The predicted molar refractivity (Wildman–Crippen MR) is 136 cm³/mol. The molecule has 1 saturated heterocycles. The molecule has 0 radical (unpaired) electrons. The molecule has 0 aliphatic carbocycles. The number of para-hydroxylation sites is 1. The third-order valence-electron chi connectivity index (χ3n) is 4.78. The summed E-state index contributed by atoms with van der Waals surface area (Å²) in [7, 11) is 0. The number of nitrogens with one attached hydrogen (secondary N) is 1. The lowest BCUT2D eigenvalue weighted by atomic mass is 10.1. The first-order valence-corrected chi connectivity index (χ1v) is 11.7. The summed E-state index contributed by atoms with van der Waals surface area (Å²) in [6.07, 6.45) is 1.86. The highest BCUT2D eigenvalue weighted by atomic mass is 35.5. The molecule has 0 spiro atoms. The lowest BCUT2D eigenvalue weighted by Crippen LogP contribution is -2.45. The second kappa shape index (κ2) is 10.7. The van der Waals surface area contributed by atoms with E-state index in [2.05, 4.69) is 5.43 Å². The molecule has 2 amide bonds. The van der Waals surface area contributed by atoms with E-state index in [1.165, 1.54) is 0 Å². The van der Waals surface area contributed by atoms with Crippen LogP contribution < -0.4 is 10.2 Å².